The summed E-state index contributed by atoms with van der Waals surface area (Å²) in [4.78, 5) is 16.1. The standard InChI is InChI=1S/C18H23N3O2S/c19-18-21-16(12-24-18)14-6-8-15(9-7-14)23-11-17(22)20-10-13-4-2-1-3-5-13/h6-9,12-13H,1-5,10-11H2,(H2,19,21)(H,20,22). The van der Waals surface area contributed by atoms with Gasteiger partial charge in [-0.15, -0.1) is 11.3 Å². The van der Waals surface area contributed by atoms with Gasteiger partial charge in [-0.25, -0.2) is 4.98 Å². The number of hydrogen-bond acceptors (Lipinski definition) is 5. The summed E-state index contributed by atoms with van der Waals surface area (Å²) in [5.74, 6) is 1.25. The zero-order chi connectivity index (χ0) is 16.8. The number of carbonyl (C=O) groups is 1. The minimum absolute atomic E-state index is 0.0513. The minimum Gasteiger partial charge on any atom is -0.484 e. The predicted octanol–water partition coefficient (Wildman–Crippen LogP) is 3.47. The second-order valence-electron chi connectivity index (χ2n) is 6.19. The number of benzene rings is 1. The highest BCUT2D eigenvalue weighted by Gasteiger charge is 2.14. The summed E-state index contributed by atoms with van der Waals surface area (Å²) in [6, 6.07) is 7.53. The number of hydrogen-bond donors (Lipinski definition) is 2. The fourth-order valence-electron chi connectivity index (χ4n) is 2.99. The Kier molecular flexibility index (Phi) is 5.69. The van der Waals surface area contributed by atoms with Crippen LogP contribution in [-0.4, -0.2) is 24.0 Å². The highest BCUT2D eigenvalue weighted by Crippen LogP contribution is 2.25. The van der Waals surface area contributed by atoms with Crippen LogP contribution < -0.4 is 15.8 Å². The highest BCUT2D eigenvalue weighted by molar-refractivity contribution is 7.13. The van der Waals surface area contributed by atoms with E-state index in [2.05, 4.69) is 10.3 Å². The van der Waals surface area contributed by atoms with Crippen LogP contribution in [0.1, 0.15) is 32.1 Å². The summed E-state index contributed by atoms with van der Waals surface area (Å²) in [5, 5.41) is 5.45. The molecule has 1 heterocycles. The SMILES string of the molecule is Nc1nc(-c2ccc(OCC(=O)NCC3CCCCC3)cc2)cs1. The van der Waals surface area contributed by atoms with E-state index in [0.717, 1.165) is 17.8 Å². The van der Waals surface area contributed by atoms with Gasteiger partial charge in [-0.3, -0.25) is 4.79 Å². The van der Waals surface area contributed by atoms with Crippen LogP contribution in [0.4, 0.5) is 5.13 Å². The third kappa shape index (κ3) is 4.71. The first-order valence-electron chi connectivity index (χ1n) is 8.41. The molecule has 0 unspecified atom stereocenters. The Bertz CT molecular complexity index is 663. The summed E-state index contributed by atoms with van der Waals surface area (Å²) >= 11 is 1.42. The molecular weight excluding hydrogens is 322 g/mol. The lowest BCUT2D eigenvalue weighted by atomic mass is 9.89. The first-order chi connectivity index (χ1) is 11.7. The molecule has 1 fully saturated rings. The van der Waals surface area contributed by atoms with Crippen molar-refractivity contribution < 1.29 is 9.53 Å². The molecule has 2 aromatic rings. The van der Waals surface area contributed by atoms with Gasteiger partial charge in [-0.1, -0.05) is 19.3 Å². The van der Waals surface area contributed by atoms with E-state index in [1.165, 1.54) is 43.4 Å². The van der Waals surface area contributed by atoms with Gasteiger partial charge in [0, 0.05) is 17.5 Å². The van der Waals surface area contributed by atoms with Gasteiger partial charge in [-0.2, -0.15) is 0 Å². The second kappa shape index (κ2) is 8.15. The maximum atomic E-state index is 11.9. The third-order valence-corrected chi connectivity index (χ3v) is 5.03. The van der Waals surface area contributed by atoms with Crippen molar-refractivity contribution >= 4 is 22.4 Å². The molecular formula is C18H23N3O2S. The number of amides is 1. The first-order valence-corrected chi connectivity index (χ1v) is 9.29. The van der Waals surface area contributed by atoms with Crippen molar-refractivity contribution in [1.82, 2.24) is 10.3 Å². The average Bonchev–Trinajstić information content (AvgIpc) is 3.06. The summed E-state index contributed by atoms with van der Waals surface area (Å²) in [6.45, 7) is 0.822. The topological polar surface area (TPSA) is 77.2 Å². The Hall–Kier alpha value is -2.08. The Balaban J connectivity index is 1.43. The summed E-state index contributed by atoms with van der Waals surface area (Å²) < 4.78 is 5.55. The molecule has 6 heteroatoms. The lowest BCUT2D eigenvalue weighted by Crippen LogP contribution is -2.33. The molecule has 1 amide bonds. The van der Waals surface area contributed by atoms with Crippen molar-refractivity contribution in [3.63, 3.8) is 0 Å². The van der Waals surface area contributed by atoms with E-state index in [1.54, 1.807) is 0 Å². The molecule has 24 heavy (non-hydrogen) atoms. The van der Waals surface area contributed by atoms with E-state index >= 15 is 0 Å². The van der Waals surface area contributed by atoms with Gasteiger partial charge in [0.15, 0.2) is 11.7 Å². The number of thiazole rings is 1. The van der Waals surface area contributed by atoms with Gasteiger partial charge in [0.1, 0.15) is 5.75 Å². The molecule has 128 valence electrons. The monoisotopic (exact) mass is 345 g/mol. The molecule has 3 N–H and O–H groups in total. The van der Waals surface area contributed by atoms with Crippen LogP contribution in [0.3, 0.4) is 0 Å². The number of nitrogens with one attached hydrogen (secondary N) is 1. The van der Waals surface area contributed by atoms with Gasteiger partial charge in [0.25, 0.3) is 5.91 Å². The molecule has 1 aromatic heterocycles. The van der Waals surface area contributed by atoms with Gasteiger partial charge >= 0.3 is 0 Å². The summed E-state index contributed by atoms with van der Waals surface area (Å²) in [6.07, 6.45) is 6.35. The molecule has 1 aliphatic rings. The normalized spacial score (nSPS) is 15.2. The third-order valence-electron chi connectivity index (χ3n) is 4.35. The Morgan fingerprint density at radius 2 is 2.00 bits per heavy atom. The quantitative estimate of drug-likeness (QED) is 0.840. The van der Waals surface area contributed by atoms with Crippen molar-refractivity contribution in [2.45, 2.75) is 32.1 Å². The fourth-order valence-corrected chi connectivity index (χ4v) is 3.56. The lowest BCUT2D eigenvalue weighted by Gasteiger charge is -2.21. The maximum Gasteiger partial charge on any atom is 0.257 e. The number of nitrogens with two attached hydrogens (primary N) is 1. The summed E-state index contributed by atoms with van der Waals surface area (Å²) in [5.41, 5.74) is 7.49. The van der Waals surface area contributed by atoms with Crippen LogP contribution in [-0.2, 0) is 4.79 Å². The van der Waals surface area contributed by atoms with Gasteiger partial charge in [0.2, 0.25) is 0 Å². The molecule has 0 spiro atoms. The smallest absolute Gasteiger partial charge is 0.257 e. The molecule has 0 atom stereocenters. The van der Waals surface area contributed by atoms with Gasteiger partial charge in [0.05, 0.1) is 5.69 Å². The largest absolute Gasteiger partial charge is 0.484 e. The van der Waals surface area contributed by atoms with E-state index in [0.29, 0.717) is 16.8 Å². The first kappa shape index (κ1) is 16.8. The van der Waals surface area contributed by atoms with E-state index in [9.17, 15) is 4.79 Å². The van der Waals surface area contributed by atoms with Crippen molar-refractivity contribution in [3.05, 3.63) is 29.6 Å². The molecule has 0 bridgehead atoms. The average molecular weight is 345 g/mol. The van der Waals surface area contributed by atoms with Crippen LogP contribution in [0.25, 0.3) is 11.3 Å². The second-order valence-corrected chi connectivity index (χ2v) is 7.08. The molecule has 0 radical (unpaired) electrons. The Morgan fingerprint density at radius 3 is 2.67 bits per heavy atom. The van der Waals surface area contributed by atoms with Crippen molar-refractivity contribution in [1.29, 1.82) is 0 Å². The number of aromatic nitrogens is 1. The molecule has 1 aliphatic carbocycles. The van der Waals surface area contributed by atoms with Crippen LogP contribution >= 0.6 is 11.3 Å². The van der Waals surface area contributed by atoms with Crippen molar-refractivity contribution in [2.24, 2.45) is 5.92 Å². The van der Waals surface area contributed by atoms with Crippen LogP contribution in [0.15, 0.2) is 29.6 Å². The van der Waals surface area contributed by atoms with Crippen molar-refractivity contribution in [2.75, 3.05) is 18.9 Å². The predicted molar refractivity (Wildman–Crippen MR) is 97.0 cm³/mol. The zero-order valence-electron chi connectivity index (χ0n) is 13.7. The van der Waals surface area contributed by atoms with E-state index in [4.69, 9.17) is 10.5 Å². The van der Waals surface area contributed by atoms with E-state index in [1.807, 2.05) is 29.6 Å². The van der Waals surface area contributed by atoms with E-state index in [-0.39, 0.29) is 12.5 Å². The number of nitrogens with zero attached hydrogens (tertiary/aromatic N) is 1. The zero-order valence-corrected chi connectivity index (χ0v) is 14.5. The Labute approximate surface area is 146 Å². The van der Waals surface area contributed by atoms with Crippen LogP contribution in [0.5, 0.6) is 5.75 Å². The number of ether oxygens (including phenoxy) is 1. The number of carbonyl (C=O) groups excluding carboxylic acids is 1. The molecule has 0 saturated heterocycles. The van der Waals surface area contributed by atoms with Crippen molar-refractivity contribution in [3.8, 4) is 17.0 Å². The Morgan fingerprint density at radius 1 is 1.25 bits per heavy atom. The van der Waals surface area contributed by atoms with Gasteiger partial charge < -0.3 is 15.8 Å². The molecule has 0 aliphatic heterocycles. The minimum atomic E-state index is -0.0584. The fraction of sp³-hybridized carbons (Fsp3) is 0.444. The number of nitrogen functional groups attached to an aromatic ring is 1. The summed E-state index contributed by atoms with van der Waals surface area (Å²) in [7, 11) is 0. The van der Waals surface area contributed by atoms with E-state index < -0.39 is 0 Å². The number of anilines is 1. The molecule has 1 aromatic carbocycles. The van der Waals surface area contributed by atoms with Crippen LogP contribution in [0, 0.1) is 5.92 Å². The lowest BCUT2D eigenvalue weighted by molar-refractivity contribution is -0.123. The number of rotatable bonds is 6. The molecule has 5 nitrogen and oxygen atoms in total. The maximum absolute atomic E-state index is 11.9. The van der Waals surface area contributed by atoms with Crippen LogP contribution in [0.2, 0.25) is 0 Å². The highest BCUT2D eigenvalue weighted by atomic mass is 32.1. The van der Waals surface area contributed by atoms with Gasteiger partial charge in [-0.05, 0) is 43.0 Å². The molecule has 3 rings (SSSR count). The molecule has 1 saturated carbocycles.